The van der Waals surface area contributed by atoms with Gasteiger partial charge in [0.25, 0.3) is 5.82 Å². The van der Waals surface area contributed by atoms with Gasteiger partial charge in [0.2, 0.25) is 0 Å². The van der Waals surface area contributed by atoms with Gasteiger partial charge in [0.15, 0.2) is 0 Å². The van der Waals surface area contributed by atoms with Crippen LogP contribution in [0.4, 0.5) is 17.2 Å². The molecule has 2 aromatic rings. The summed E-state index contributed by atoms with van der Waals surface area (Å²) < 4.78 is 0. The van der Waals surface area contributed by atoms with E-state index < -0.39 is 4.92 Å². The molecule has 0 atom stereocenters. The van der Waals surface area contributed by atoms with Crippen molar-refractivity contribution in [3.8, 4) is 0 Å². The van der Waals surface area contributed by atoms with Crippen LogP contribution in [0.15, 0.2) is 46.9 Å². The monoisotopic (exact) mass is 232 g/mol. The van der Waals surface area contributed by atoms with Crippen LogP contribution in [0.25, 0.3) is 0 Å². The minimum Gasteiger partial charge on any atom is -0.260 e. The van der Waals surface area contributed by atoms with Crippen LogP contribution < -0.4 is 5.43 Å². The fourth-order valence-corrected chi connectivity index (χ4v) is 1.13. The summed E-state index contributed by atoms with van der Waals surface area (Å²) in [6, 6.07) is 9.11. The predicted molar refractivity (Wildman–Crippen MR) is 59.8 cm³/mol. The van der Waals surface area contributed by atoms with E-state index in [1.165, 1.54) is 0 Å². The first-order valence-corrected chi connectivity index (χ1v) is 4.67. The minimum absolute atomic E-state index is 0.00145. The van der Waals surface area contributed by atoms with Crippen LogP contribution in [0.3, 0.4) is 0 Å². The summed E-state index contributed by atoms with van der Waals surface area (Å²) in [7, 11) is 0. The molecule has 0 saturated heterocycles. The van der Waals surface area contributed by atoms with Crippen LogP contribution in [0.5, 0.6) is 0 Å². The Kier molecular flexibility index (Phi) is 3.05. The second-order valence-electron chi connectivity index (χ2n) is 3.04. The molecular weight excluding hydrogens is 224 g/mol. The molecule has 0 aliphatic heterocycles. The van der Waals surface area contributed by atoms with Gasteiger partial charge in [-0.2, -0.15) is 5.10 Å². The number of nitro groups is 1. The Morgan fingerprint density at radius 2 is 2.12 bits per heavy atom. The van der Waals surface area contributed by atoms with Gasteiger partial charge < -0.3 is 0 Å². The normalized spacial score (nSPS) is 10.6. The number of rotatable bonds is 4. The third-order valence-electron chi connectivity index (χ3n) is 1.90. The van der Waals surface area contributed by atoms with Crippen molar-refractivity contribution in [2.75, 3.05) is 5.43 Å². The Morgan fingerprint density at radius 3 is 2.82 bits per heavy atom. The molecule has 0 amide bonds. The van der Waals surface area contributed by atoms with Gasteiger partial charge in [-0.05, 0) is 12.1 Å². The quantitative estimate of drug-likeness (QED) is 0.479. The summed E-state index contributed by atoms with van der Waals surface area (Å²) >= 11 is 0. The van der Waals surface area contributed by atoms with Crippen molar-refractivity contribution < 1.29 is 4.92 Å². The van der Waals surface area contributed by atoms with Gasteiger partial charge in [0, 0.05) is 0 Å². The zero-order chi connectivity index (χ0) is 12.1. The number of para-hydroxylation sites is 1. The van der Waals surface area contributed by atoms with Crippen molar-refractivity contribution in [1.82, 2.24) is 10.2 Å². The molecule has 0 unspecified atom stereocenters. The molecule has 1 aromatic carbocycles. The standard InChI is InChI=1S/C9H8N6O2/c16-15(17)8-6-10-12-9(8)13-14-11-7-4-2-1-3-5-7/h1-6H,(H2,10,11,12,13). The van der Waals surface area contributed by atoms with Gasteiger partial charge in [-0.15, -0.1) is 5.11 Å². The van der Waals surface area contributed by atoms with E-state index in [-0.39, 0.29) is 11.5 Å². The third-order valence-corrected chi connectivity index (χ3v) is 1.90. The SMILES string of the molecule is O=[N+]([O-])c1cn[nH]c1N=NNc1ccccc1. The molecule has 0 bridgehead atoms. The van der Waals surface area contributed by atoms with Crippen LogP contribution >= 0.6 is 0 Å². The summed E-state index contributed by atoms with van der Waals surface area (Å²) in [6.45, 7) is 0. The zero-order valence-electron chi connectivity index (χ0n) is 8.57. The molecular formula is C9H8N6O2. The Balaban J connectivity index is 2.06. The largest absolute Gasteiger partial charge is 0.334 e. The maximum absolute atomic E-state index is 10.5. The van der Waals surface area contributed by atoms with Crippen molar-refractivity contribution in [2.45, 2.75) is 0 Å². The van der Waals surface area contributed by atoms with Crippen molar-refractivity contribution in [2.24, 2.45) is 10.3 Å². The fourth-order valence-electron chi connectivity index (χ4n) is 1.13. The van der Waals surface area contributed by atoms with Crippen LogP contribution in [-0.2, 0) is 0 Å². The molecule has 1 aromatic heterocycles. The van der Waals surface area contributed by atoms with Crippen LogP contribution in [0.1, 0.15) is 0 Å². The predicted octanol–water partition coefficient (Wildman–Crippen LogP) is 2.43. The van der Waals surface area contributed by atoms with E-state index in [1.807, 2.05) is 18.2 Å². The van der Waals surface area contributed by atoms with Gasteiger partial charge in [-0.25, -0.2) is 0 Å². The number of nitrogens with one attached hydrogen (secondary N) is 2. The lowest BCUT2D eigenvalue weighted by molar-refractivity contribution is -0.384. The van der Waals surface area contributed by atoms with E-state index in [0.29, 0.717) is 0 Å². The smallest absolute Gasteiger partial charge is 0.260 e. The van der Waals surface area contributed by atoms with Crippen molar-refractivity contribution >= 4 is 17.2 Å². The first-order valence-electron chi connectivity index (χ1n) is 4.67. The molecule has 0 radical (unpaired) electrons. The van der Waals surface area contributed by atoms with Gasteiger partial charge in [0.1, 0.15) is 6.20 Å². The van der Waals surface area contributed by atoms with Crippen LogP contribution in [0.2, 0.25) is 0 Å². The fraction of sp³-hybridized carbons (Fsp3) is 0. The number of aromatic amines is 1. The summed E-state index contributed by atoms with van der Waals surface area (Å²) in [5.74, 6) is -0.00145. The molecule has 17 heavy (non-hydrogen) atoms. The Labute approximate surface area is 95.5 Å². The van der Waals surface area contributed by atoms with E-state index in [0.717, 1.165) is 11.9 Å². The first-order chi connectivity index (χ1) is 8.27. The highest BCUT2D eigenvalue weighted by Crippen LogP contribution is 2.23. The average molecular weight is 232 g/mol. The number of anilines is 1. The maximum Gasteiger partial charge on any atom is 0.334 e. The molecule has 1 heterocycles. The number of hydrogen-bond donors (Lipinski definition) is 2. The summed E-state index contributed by atoms with van der Waals surface area (Å²) in [5, 5.41) is 23.7. The van der Waals surface area contributed by atoms with Crippen LogP contribution in [0, 0.1) is 10.1 Å². The molecule has 2 rings (SSSR count). The molecule has 86 valence electrons. The van der Waals surface area contributed by atoms with Gasteiger partial charge in [-0.3, -0.25) is 20.6 Å². The highest BCUT2D eigenvalue weighted by molar-refractivity contribution is 5.49. The zero-order valence-corrected chi connectivity index (χ0v) is 8.57. The van der Waals surface area contributed by atoms with Crippen molar-refractivity contribution in [3.63, 3.8) is 0 Å². The van der Waals surface area contributed by atoms with Crippen LogP contribution in [-0.4, -0.2) is 15.1 Å². The minimum atomic E-state index is -0.583. The topological polar surface area (TPSA) is 109 Å². The summed E-state index contributed by atoms with van der Waals surface area (Å²) in [4.78, 5) is 9.96. The number of H-pyrrole nitrogens is 1. The molecule has 0 spiro atoms. The molecule has 8 heteroatoms. The Bertz CT molecular complexity index is 535. The van der Waals surface area contributed by atoms with E-state index in [9.17, 15) is 10.1 Å². The molecule has 0 aliphatic rings. The molecule has 0 saturated carbocycles. The van der Waals surface area contributed by atoms with E-state index >= 15 is 0 Å². The number of hydrogen-bond acceptors (Lipinski definition) is 5. The third kappa shape index (κ3) is 2.62. The highest BCUT2D eigenvalue weighted by Gasteiger charge is 2.15. The molecule has 0 aliphatic carbocycles. The summed E-state index contributed by atoms with van der Waals surface area (Å²) in [6.07, 6.45) is 1.08. The second kappa shape index (κ2) is 4.84. The highest BCUT2D eigenvalue weighted by atomic mass is 16.6. The van der Waals surface area contributed by atoms with E-state index in [2.05, 4.69) is 26.0 Å². The Hall–Kier alpha value is -2.77. The molecule has 0 fully saturated rings. The lowest BCUT2D eigenvalue weighted by Gasteiger charge is -1.95. The van der Waals surface area contributed by atoms with Gasteiger partial charge in [0.05, 0.1) is 10.6 Å². The maximum atomic E-state index is 10.5. The lowest BCUT2D eigenvalue weighted by Crippen LogP contribution is -1.87. The average Bonchev–Trinajstić information content (AvgIpc) is 2.79. The van der Waals surface area contributed by atoms with E-state index in [4.69, 9.17) is 0 Å². The van der Waals surface area contributed by atoms with Crippen molar-refractivity contribution in [1.29, 1.82) is 0 Å². The first kappa shape index (κ1) is 10.7. The molecule has 8 nitrogen and oxygen atoms in total. The second-order valence-corrected chi connectivity index (χ2v) is 3.04. The van der Waals surface area contributed by atoms with Crippen molar-refractivity contribution in [3.05, 3.63) is 46.6 Å². The lowest BCUT2D eigenvalue weighted by atomic mass is 10.3. The number of nitrogens with zero attached hydrogens (tertiary/aromatic N) is 4. The van der Waals surface area contributed by atoms with Gasteiger partial charge in [-0.1, -0.05) is 23.4 Å². The summed E-state index contributed by atoms with van der Waals surface area (Å²) in [5.41, 5.74) is 3.15. The molecule has 2 N–H and O–H groups in total. The Morgan fingerprint density at radius 1 is 1.35 bits per heavy atom. The van der Waals surface area contributed by atoms with Gasteiger partial charge >= 0.3 is 5.69 Å². The van der Waals surface area contributed by atoms with E-state index in [1.54, 1.807) is 12.1 Å². The number of benzene rings is 1. The number of aromatic nitrogens is 2.